The Labute approximate surface area is 102 Å². The van der Waals surface area contributed by atoms with Crippen LogP contribution in [0.5, 0.6) is 11.6 Å². The van der Waals surface area contributed by atoms with E-state index in [4.69, 9.17) is 10.5 Å². The lowest BCUT2D eigenvalue weighted by atomic mass is 10.3. The van der Waals surface area contributed by atoms with E-state index in [1.807, 2.05) is 0 Å². The van der Waals surface area contributed by atoms with E-state index in [1.165, 1.54) is 18.3 Å². The van der Waals surface area contributed by atoms with Gasteiger partial charge in [0.2, 0.25) is 5.88 Å². The molecule has 90 valence electrons. The van der Waals surface area contributed by atoms with Crippen LogP contribution in [0.1, 0.15) is 0 Å². The largest absolute Gasteiger partial charge is 0.434 e. The van der Waals surface area contributed by atoms with Gasteiger partial charge in [0.05, 0.1) is 6.20 Å². The van der Waals surface area contributed by atoms with E-state index >= 15 is 0 Å². The van der Waals surface area contributed by atoms with Gasteiger partial charge in [-0.25, -0.2) is 13.9 Å². The highest BCUT2D eigenvalue weighted by molar-refractivity contribution is 5.56. The van der Waals surface area contributed by atoms with Crippen molar-refractivity contribution in [2.45, 2.75) is 0 Å². The quantitative estimate of drug-likeness (QED) is 0.702. The highest BCUT2D eigenvalue weighted by Crippen LogP contribution is 2.26. The summed E-state index contributed by atoms with van der Waals surface area (Å²) >= 11 is 0. The summed E-state index contributed by atoms with van der Waals surface area (Å²) in [5, 5.41) is 4.04. The number of anilines is 1. The van der Waals surface area contributed by atoms with Crippen molar-refractivity contribution >= 4 is 11.2 Å². The molecule has 2 heterocycles. The van der Waals surface area contributed by atoms with Gasteiger partial charge in [0, 0.05) is 24.1 Å². The Kier molecular flexibility index (Phi) is 2.33. The SMILES string of the molecule is Nc1ccc(Oc2nccn3nccc23)c(F)c1. The fourth-order valence-electron chi connectivity index (χ4n) is 1.62. The van der Waals surface area contributed by atoms with Crippen LogP contribution < -0.4 is 10.5 Å². The molecule has 0 spiro atoms. The Morgan fingerprint density at radius 2 is 2.11 bits per heavy atom. The molecule has 0 bridgehead atoms. The van der Waals surface area contributed by atoms with E-state index in [1.54, 1.807) is 29.0 Å². The van der Waals surface area contributed by atoms with Crippen LogP contribution in [0.3, 0.4) is 0 Å². The molecule has 1 aromatic carbocycles. The fourth-order valence-corrected chi connectivity index (χ4v) is 1.62. The molecule has 0 aliphatic carbocycles. The summed E-state index contributed by atoms with van der Waals surface area (Å²) in [7, 11) is 0. The number of benzene rings is 1. The van der Waals surface area contributed by atoms with Crippen molar-refractivity contribution < 1.29 is 9.13 Å². The number of ether oxygens (including phenoxy) is 1. The zero-order chi connectivity index (χ0) is 12.5. The minimum atomic E-state index is -0.529. The van der Waals surface area contributed by atoms with Crippen LogP contribution in [-0.4, -0.2) is 14.6 Å². The molecule has 0 unspecified atom stereocenters. The van der Waals surface area contributed by atoms with Crippen molar-refractivity contribution in [2.24, 2.45) is 0 Å². The number of nitrogens with zero attached hydrogens (tertiary/aromatic N) is 3. The van der Waals surface area contributed by atoms with Gasteiger partial charge in [0.1, 0.15) is 5.52 Å². The van der Waals surface area contributed by atoms with Crippen LogP contribution in [0.2, 0.25) is 0 Å². The molecule has 2 aromatic heterocycles. The second-order valence-electron chi connectivity index (χ2n) is 3.69. The molecule has 0 amide bonds. The summed E-state index contributed by atoms with van der Waals surface area (Å²) in [5.74, 6) is -0.164. The van der Waals surface area contributed by atoms with Crippen molar-refractivity contribution in [3.8, 4) is 11.6 Å². The zero-order valence-electron chi connectivity index (χ0n) is 9.25. The predicted octanol–water partition coefficient (Wildman–Crippen LogP) is 2.24. The molecule has 0 saturated heterocycles. The van der Waals surface area contributed by atoms with Crippen LogP contribution in [0.25, 0.3) is 5.52 Å². The first-order valence-corrected chi connectivity index (χ1v) is 5.25. The summed E-state index contributed by atoms with van der Waals surface area (Å²) in [4.78, 5) is 4.06. The summed E-state index contributed by atoms with van der Waals surface area (Å²) in [6.07, 6.45) is 4.83. The first-order valence-electron chi connectivity index (χ1n) is 5.25. The van der Waals surface area contributed by atoms with Crippen molar-refractivity contribution in [3.63, 3.8) is 0 Å². The third kappa shape index (κ3) is 1.73. The lowest BCUT2D eigenvalue weighted by molar-refractivity contribution is 0.430. The average Bonchev–Trinajstić information content (AvgIpc) is 2.82. The van der Waals surface area contributed by atoms with Crippen molar-refractivity contribution in [3.05, 3.63) is 48.7 Å². The number of hydrogen-bond acceptors (Lipinski definition) is 4. The highest BCUT2D eigenvalue weighted by atomic mass is 19.1. The maximum atomic E-state index is 13.6. The molecular weight excluding hydrogens is 235 g/mol. The minimum absolute atomic E-state index is 0.0750. The van der Waals surface area contributed by atoms with Crippen molar-refractivity contribution in [2.75, 3.05) is 5.73 Å². The van der Waals surface area contributed by atoms with E-state index < -0.39 is 5.82 Å². The molecule has 18 heavy (non-hydrogen) atoms. The normalized spacial score (nSPS) is 10.7. The van der Waals surface area contributed by atoms with Gasteiger partial charge in [-0.2, -0.15) is 5.10 Å². The Hall–Kier alpha value is -2.63. The molecule has 2 N–H and O–H groups in total. The van der Waals surface area contributed by atoms with Crippen molar-refractivity contribution in [1.29, 1.82) is 0 Å². The third-order valence-electron chi connectivity index (χ3n) is 2.45. The molecule has 0 fully saturated rings. The summed E-state index contributed by atoms with van der Waals surface area (Å²) in [5.41, 5.74) is 6.47. The first kappa shape index (κ1) is 10.5. The van der Waals surface area contributed by atoms with Gasteiger partial charge >= 0.3 is 0 Å². The summed E-state index contributed by atoms with van der Waals surface area (Å²) in [6.45, 7) is 0. The Bertz CT molecular complexity index is 710. The van der Waals surface area contributed by atoms with E-state index in [2.05, 4.69) is 10.1 Å². The second kappa shape index (κ2) is 3.99. The topological polar surface area (TPSA) is 65.4 Å². The number of halogens is 1. The number of hydrogen-bond donors (Lipinski definition) is 1. The predicted molar refractivity (Wildman–Crippen MR) is 63.9 cm³/mol. The highest BCUT2D eigenvalue weighted by Gasteiger charge is 2.09. The van der Waals surface area contributed by atoms with Crippen LogP contribution in [0.4, 0.5) is 10.1 Å². The molecule has 0 aliphatic rings. The molecule has 0 saturated carbocycles. The number of fused-ring (bicyclic) bond motifs is 1. The van der Waals surface area contributed by atoms with Gasteiger partial charge in [-0.05, 0) is 18.2 Å². The minimum Gasteiger partial charge on any atom is -0.434 e. The molecule has 5 nitrogen and oxygen atoms in total. The van der Waals surface area contributed by atoms with E-state index in [0.29, 0.717) is 17.1 Å². The fraction of sp³-hybridized carbons (Fsp3) is 0. The van der Waals surface area contributed by atoms with Gasteiger partial charge in [-0.1, -0.05) is 0 Å². The lowest BCUT2D eigenvalue weighted by Crippen LogP contribution is -1.96. The molecule has 6 heteroatoms. The van der Waals surface area contributed by atoms with Crippen LogP contribution >= 0.6 is 0 Å². The van der Waals surface area contributed by atoms with Gasteiger partial charge in [0.25, 0.3) is 0 Å². The number of nitrogen functional groups attached to an aromatic ring is 1. The van der Waals surface area contributed by atoms with E-state index in [9.17, 15) is 4.39 Å². The van der Waals surface area contributed by atoms with Crippen LogP contribution in [0, 0.1) is 5.82 Å². The van der Waals surface area contributed by atoms with Gasteiger partial charge in [-0.3, -0.25) is 0 Å². The molecule has 3 rings (SSSR count). The van der Waals surface area contributed by atoms with E-state index in [0.717, 1.165) is 0 Å². The monoisotopic (exact) mass is 244 g/mol. The van der Waals surface area contributed by atoms with Crippen molar-refractivity contribution in [1.82, 2.24) is 14.6 Å². The smallest absolute Gasteiger partial charge is 0.245 e. The maximum absolute atomic E-state index is 13.6. The maximum Gasteiger partial charge on any atom is 0.245 e. The lowest BCUT2D eigenvalue weighted by Gasteiger charge is -2.07. The zero-order valence-corrected chi connectivity index (χ0v) is 9.25. The summed E-state index contributed by atoms with van der Waals surface area (Å²) < 4.78 is 20.6. The van der Waals surface area contributed by atoms with Gasteiger partial charge < -0.3 is 10.5 Å². The van der Waals surface area contributed by atoms with Crippen LogP contribution in [0.15, 0.2) is 42.9 Å². The standard InChI is InChI=1S/C12H9FN4O/c13-9-7-8(14)1-2-11(9)18-12-10-3-4-16-17(10)6-5-15-12/h1-7H,14H2. The number of nitrogens with two attached hydrogens (primary N) is 1. The van der Waals surface area contributed by atoms with Gasteiger partial charge in [-0.15, -0.1) is 0 Å². The Balaban J connectivity index is 2.03. The van der Waals surface area contributed by atoms with Gasteiger partial charge in [0.15, 0.2) is 11.6 Å². The molecule has 0 atom stereocenters. The first-order chi connectivity index (χ1) is 8.74. The third-order valence-corrected chi connectivity index (χ3v) is 2.45. The number of aromatic nitrogens is 3. The average molecular weight is 244 g/mol. The Morgan fingerprint density at radius 1 is 1.22 bits per heavy atom. The summed E-state index contributed by atoms with van der Waals surface area (Å²) in [6, 6.07) is 5.96. The number of rotatable bonds is 2. The van der Waals surface area contributed by atoms with E-state index in [-0.39, 0.29) is 5.75 Å². The Morgan fingerprint density at radius 3 is 2.94 bits per heavy atom. The molecule has 0 aliphatic heterocycles. The molecule has 3 aromatic rings. The van der Waals surface area contributed by atoms with Crippen LogP contribution in [-0.2, 0) is 0 Å². The second-order valence-corrected chi connectivity index (χ2v) is 3.69. The molecule has 0 radical (unpaired) electrons. The molecular formula is C12H9FN4O.